The Morgan fingerprint density at radius 1 is 1.32 bits per heavy atom. The Balaban J connectivity index is 2.73. The minimum absolute atomic E-state index is 0.134. The minimum Gasteiger partial charge on any atom is -0.466 e. The number of rotatable bonds is 6. The van der Waals surface area contributed by atoms with Gasteiger partial charge in [-0.1, -0.05) is 18.2 Å². The number of aliphatic hydroxyl groups is 2. The third-order valence-corrected chi connectivity index (χ3v) is 2.55. The first-order valence-corrected chi connectivity index (χ1v) is 5.85. The number of hydrogen-bond donors (Lipinski definition) is 2. The lowest BCUT2D eigenvalue weighted by atomic mass is 10.0. The van der Waals surface area contributed by atoms with Gasteiger partial charge in [-0.25, -0.2) is 8.78 Å². The predicted molar refractivity (Wildman–Crippen MR) is 63.6 cm³/mol. The zero-order valence-corrected chi connectivity index (χ0v) is 10.4. The molecule has 0 fully saturated rings. The van der Waals surface area contributed by atoms with Crippen LogP contribution in [0.1, 0.15) is 37.0 Å². The first kappa shape index (κ1) is 15.5. The molecule has 1 aromatic rings. The first-order chi connectivity index (χ1) is 8.95. The fourth-order valence-electron chi connectivity index (χ4n) is 1.60. The van der Waals surface area contributed by atoms with Crippen molar-refractivity contribution < 1.29 is 28.5 Å². The SMILES string of the molecule is CCOC(=O)CC(O)C(O)c1cccc(C(F)F)c1. The Hall–Kier alpha value is -1.53. The highest BCUT2D eigenvalue weighted by atomic mass is 19.3. The highest BCUT2D eigenvalue weighted by Crippen LogP contribution is 2.25. The summed E-state index contributed by atoms with van der Waals surface area (Å²) in [4.78, 5) is 11.2. The topological polar surface area (TPSA) is 66.8 Å². The Kier molecular flexibility index (Phi) is 5.85. The second-order valence-electron chi connectivity index (χ2n) is 3.99. The molecule has 0 aliphatic rings. The smallest absolute Gasteiger partial charge is 0.308 e. The molecule has 1 aromatic carbocycles. The van der Waals surface area contributed by atoms with E-state index in [2.05, 4.69) is 4.74 Å². The standard InChI is InChI=1S/C13H16F2O4/c1-2-19-11(17)7-10(16)12(18)8-4-3-5-9(6-8)13(14)15/h3-6,10,12-13,16,18H,2,7H2,1H3. The number of esters is 1. The maximum absolute atomic E-state index is 12.5. The van der Waals surface area contributed by atoms with E-state index in [1.165, 1.54) is 18.2 Å². The third kappa shape index (κ3) is 4.57. The third-order valence-electron chi connectivity index (χ3n) is 2.55. The molecule has 0 saturated carbocycles. The van der Waals surface area contributed by atoms with Gasteiger partial charge < -0.3 is 14.9 Å². The van der Waals surface area contributed by atoms with Crippen LogP contribution in [0.15, 0.2) is 24.3 Å². The van der Waals surface area contributed by atoms with Crippen LogP contribution < -0.4 is 0 Å². The average molecular weight is 274 g/mol. The molecule has 4 nitrogen and oxygen atoms in total. The van der Waals surface area contributed by atoms with Crippen molar-refractivity contribution in [3.63, 3.8) is 0 Å². The van der Waals surface area contributed by atoms with Gasteiger partial charge >= 0.3 is 5.97 Å². The summed E-state index contributed by atoms with van der Waals surface area (Å²) in [6, 6.07) is 5.09. The van der Waals surface area contributed by atoms with E-state index in [0.29, 0.717) is 0 Å². The number of carbonyl (C=O) groups is 1. The van der Waals surface area contributed by atoms with Gasteiger partial charge in [-0.2, -0.15) is 0 Å². The molecule has 0 aliphatic heterocycles. The molecule has 0 radical (unpaired) electrons. The molecule has 6 heteroatoms. The molecule has 0 amide bonds. The van der Waals surface area contributed by atoms with Crippen LogP contribution in [0.25, 0.3) is 0 Å². The van der Waals surface area contributed by atoms with E-state index in [9.17, 15) is 23.8 Å². The zero-order chi connectivity index (χ0) is 14.4. The number of benzene rings is 1. The van der Waals surface area contributed by atoms with Crippen LogP contribution in [0.4, 0.5) is 8.78 Å². The highest BCUT2D eigenvalue weighted by molar-refractivity contribution is 5.70. The molecule has 1 rings (SSSR count). The van der Waals surface area contributed by atoms with Gasteiger partial charge in [0.1, 0.15) is 6.10 Å². The summed E-state index contributed by atoms with van der Waals surface area (Å²) < 4.78 is 29.6. The Labute approximate surface area is 109 Å². The molecule has 0 bridgehead atoms. The summed E-state index contributed by atoms with van der Waals surface area (Å²) in [6.45, 7) is 1.79. The maximum atomic E-state index is 12.5. The number of alkyl halides is 2. The molecule has 0 spiro atoms. The normalized spacial score (nSPS) is 14.2. The molecular weight excluding hydrogens is 258 g/mol. The van der Waals surface area contributed by atoms with Crippen LogP contribution in [-0.4, -0.2) is 28.9 Å². The summed E-state index contributed by atoms with van der Waals surface area (Å²) >= 11 is 0. The van der Waals surface area contributed by atoms with E-state index in [1.807, 2.05) is 0 Å². The second kappa shape index (κ2) is 7.16. The fourth-order valence-corrected chi connectivity index (χ4v) is 1.60. The van der Waals surface area contributed by atoms with E-state index in [-0.39, 0.29) is 17.7 Å². The van der Waals surface area contributed by atoms with Crippen LogP contribution in [0.3, 0.4) is 0 Å². The van der Waals surface area contributed by atoms with Crippen molar-refractivity contribution in [2.24, 2.45) is 0 Å². The molecule has 0 heterocycles. The van der Waals surface area contributed by atoms with Crippen molar-refractivity contribution in [2.45, 2.75) is 32.0 Å². The van der Waals surface area contributed by atoms with E-state index >= 15 is 0 Å². The van der Waals surface area contributed by atoms with Crippen LogP contribution in [0.2, 0.25) is 0 Å². The van der Waals surface area contributed by atoms with Gasteiger partial charge in [0.25, 0.3) is 6.43 Å². The van der Waals surface area contributed by atoms with Crippen LogP contribution >= 0.6 is 0 Å². The lowest BCUT2D eigenvalue weighted by Gasteiger charge is -2.18. The number of hydrogen-bond acceptors (Lipinski definition) is 4. The van der Waals surface area contributed by atoms with Gasteiger partial charge in [0.15, 0.2) is 0 Å². The lowest BCUT2D eigenvalue weighted by Crippen LogP contribution is -2.23. The molecule has 106 valence electrons. The van der Waals surface area contributed by atoms with E-state index in [1.54, 1.807) is 6.92 Å². The fraction of sp³-hybridized carbons (Fsp3) is 0.462. The summed E-state index contributed by atoms with van der Waals surface area (Å²) in [5.74, 6) is -0.654. The molecule has 2 atom stereocenters. The first-order valence-electron chi connectivity index (χ1n) is 5.85. The lowest BCUT2D eigenvalue weighted by molar-refractivity contribution is -0.147. The van der Waals surface area contributed by atoms with Crippen molar-refractivity contribution in [1.82, 2.24) is 0 Å². The summed E-state index contributed by atoms with van der Waals surface area (Å²) in [7, 11) is 0. The quantitative estimate of drug-likeness (QED) is 0.778. The van der Waals surface area contributed by atoms with Gasteiger partial charge in [0.05, 0.1) is 19.1 Å². The van der Waals surface area contributed by atoms with E-state index in [4.69, 9.17) is 0 Å². The van der Waals surface area contributed by atoms with Gasteiger partial charge in [0.2, 0.25) is 0 Å². The van der Waals surface area contributed by atoms with Crippen LogP contribution in [0.5, 0.6) is 0 Å². The van der Waals surface area contributed by atoms with Crippen LogP contribution in [-0.2, 0) is 9.53 Å². The molecule has 2 N–H and O–H groups in total. The van der Waals surface area contributed by atoms with Crippen molar-refractivity contribution in [3.8, 4) is 0 Å². The molecule has 0 aromatic heterocycles. The highest BCUT2D eigenvalue weighted by Gasteiger charge is 2.23. The maximum Gasteiger partial charge on any atom is 0.308 e. The molecule has 0 aliphatic carbocycles. The van der Waals surface area contributed by atoms with Crippen LogP contribution in [0, 0.1) is 0 Å². The number of halogens is 2. The Bertz CT molecular complexity index is 423. The number of carbonyl (C=O) groups excluding carboxylic acids is 1. The van der Waals surface area contributed by atoms with Gasteiger partial charge in [-0.15, -0.1) is 0 Å². The summed E-state index contributed by atoms with van der Waals surface area (Å²) in [6.07, 6.45) is -5.86. The van der Waals surface area contributed by atoms with Crippen molar-refractivity contribution >= 4 is 5.97 Å². The Morgan fingerprint density at radius 3 is 2.53 bits per heavy atom. The molecule has 2 unspecified atom stereocenters. The van der Waals surface area contributed by atoms with Gasteiger partial charge in [-0.3, -0.25) is 4.79 Å². The molecular formula is C13H16F2O4. The van der Waals surface area contributed by atoms with Crippen molar-refractivity contribution in [3.05, 3.63) is 35.4 Å². The molecule has 0 saturated heterocycles. The second-order valence-corrected chi connectivity index (χ2v) is 3.99. The Morgan fingerprint density at radius 2 is 1.95 bits per heavy atom. The summed E-state index contributed by atoms with van der Waals surface area (Å²) in [5, 5.41) is 19.5. The largest absolute Gasteiger partial charge is 0.466 e. The van der Waals surface area contributed by atoms with Gasteiger partial charge in [0, 0.05) is 5.56 Å². The average Bonchev–Trinajstić information content (AvgIpc) is 2.38. The predicted octanol–water partition coefficient (Wildman–Crippen LogP) is 1.97. The van der Waals surface area contributed by atoms with E-state index < -0.39 is 31.0 Å². The number of aliphatic hydroxyl groups excluding tert-OH is 2. The van der Waals surface area contributed by atoms with Gasteiger partial charge in [-0.05, 0) is 18.6 Å². The monoisotopic (exact) mass is 274 g/mol. The minimum atomic E-state index is -2.66. The zero-order valence-electron chi connectivity index (χ0n) is 10.4. The van der Waals surface area contributed by atoms with Crippen molar-refractivity contribution in [2.75, 3.05) is 6.61 Å². The molecule has 19 heavy (non-hydrogen) atoms. The number of ether oxygens (including phenoxy) is 1. The summed E-state index contributed by atoms with van der Waals surface area (Å²) in [5.41, 5.74) is -0.116. The van der Waals surface area contributed by atoms with Crippen molar-refractivity contribution in [1.29, 1.82) is 0 Å². The van der Waals surface area contributed by atoms with E-state index in [0.717, 1.165) is 6.07 Å².